The minimum Gasteiger partial charge on any atom is -0.495 e. The van der Waals surface area contributed by atoms with Crippen molar-refractivity contribution in [1.29, 1.82) is 0 Å². The molecule has 0 unspecified atom stereocenters. The predicted octanol–water partition coefficient (Wildman–Crippen LogP) is 1.90. The highest BCUT2D eigenvalue weighted by Crippen LogP contribution is 2.28. The van der Waals surface area contributed by atoms with E-state index in [-0.39, 0.29) is 22.1 Å². The number of hydrogen-bond acceptors (Lipinski definition) is 8. The van der Waals surface area contributed by atoms with Crippen LogP contribution in [0.5, 0.6) is 11.5 Å². The van der Waals surface area contributed by atoms with E-state index in [9.17, 15) is 21.6 Å². The van der Waals surface area contributed by atoms with Gasteiger partial charge in [0.2, 0.25) is 0 Å². The number of amides is 1. The molecule has 2 aromatic carbocycles. The lowest BCUT2D eigenvalue weighted by molar-refractivity contribution is 0.215. The van der Waals surface area contributed by atoms with Gasteiger partial charge in [0.25, 0.3) is 0 Å². The fourth-order valence-electron chi connectivity index (χ4n) is 2.08. The van der Waals surface area contributed by atoms with Crippen LogP contribution in [0.15, 0.2) is 53.4 Å². The summed E-state index contributed by atoms with van der Waals surface area (Å²) in [5.41, 5.74) is 0.0280. The van der Waals surface area contributed by atoms with E-state index in [0.717, 1.165) is 6.07 Å². The molecular weight excluding hydrogens is 414 g/mol. The third kappa shape index (κ3) is 6.49. The van der Waals surface area contributed by atoms with Gasteiger partial charge in [-0.25, -0.2) is 17.4 Å². The molecule has 1 amide bonds. The Labute approximate surface area is 161 Å². The highest BCUT2D eigenvalue weighted by molar-refractivity contribution is 7.91. The first-order valence-corrected chi connectivity index (χ1v) is 10.7. The standard InChI is InChI=1S/C16H17NO9S2/c1-24-15-8-7-13(27(19,20)10-9-25-28(21,22)23)11-14(15)17-16(18)26-12-5-3-2-4-6-12/h2-8,11H,9-10H2,1H3,(H,17,18)(H,21,22,23). The topological polar surface area (TPSA) is 145 Å². The van der Waals surface area contributed by atoms with Crippen molar-refractivity contribution >= 4 is 32.0 Å². The Morgan fingerprint density at radius 3 is 2.36 bits per heavy atom. The van der Waals surface area contributed by atoms with E-state index in [1.54, 1.807) is 30.3 Å². The summed E-state index contributed by atoms with van der Waals surface area (Å²) in [6.07, 6.45) is -0.867. The summed E-state index contributed by atoms with van der Waals surface area (Å²) in [5, 5.41) is 2.39. The minimum atomic E-state index is -4.75. The van der Waals surface area contributed by atoms with Gasteiger partial charge in [-0.1, -0.05) is 18.2 Å². The maximum atomic E-state index is 12.3. The van der Waals surface area contributed by atoms with Crippen LogP contribution in [-0.4, -0.2) is 47.0 Å². The van der Waals surface area contributed by atoms with Crippen molar-refractivity contribution < 1.29 is 39.8 Å². The van der Waals surface area contributed by atoms with Gasteiger partial charge in [0, 0.05) is 0 Å². The van der Waals surface area contributed by atoms with E-state index in [0.29, 0.717) is 0 Å². The fraction of sp³-hybridized carbons (Fsp3) is 0.188. The average molecular weight is 431 g/mol. The summed E-state index contributed by atoms with van der Waals surface area (Å²) in [6.45, 7) is -0.772. The molecule has 0 fully saturated rings. The number of carbonyl (C=O) groups excluding carboxylic acids is 1. The molecule has 0 heterocycles. The molecule has 12 heteroatoms. The van der Waals surface area contributed by atoms with Crippen LogP contribution >= 0.6 is 0 Å². The highest BCUT2D eigenvalue weighted by atomic mass is 32.3. The number of ether oxygens (including phenoxy) is 2. The maximum absolute atomic E-state index is 12.3. The first-order chi connectivity index (χ1) is 13.1. The van der Waals surface area contributed by atoms with Crippen molar-refractivity contribution in [3.05, 3.63) is 48.5 Å². The predicted molar refractivity (Wildman–Crippen MR) is 98.6 cm³/mol. The second-order valence-corrected chi connectivity index (χ2v) is 8.46. The van der Waals surface area contributed by atoms with Gasteiger partial charge in [0.1, 0.15) is 11.5 Å². The van der Waals surface area contributed by atoms with E-state index in [2.05, 4.69) is 9.50 Å². The van der Waals surface area contributed by atoms with Crippen molar-refractivity contribution in [3.8, 4) is 11.5 Å². The Bertz CT molecular complexity index is 1040. The van der Waals surface area contributed by atoms with Gasteiger partial charge in [-0.3, -0.25) is 9.87 Å². The first-order valence-electron chi connectivity index (χ1n) is 7.67. The number of nitrogens with one attached hydrogen (secondary N) is 1. The van der Waals surface area contributed by atoms with Crippen LogP contribution in [0.4, 0.5) is 10.5 Å². The SMILES string of the molecule is COc1ccc(S(=O)(=O)CCOS(=O)(=O)O)cc1NC(=O)Oc1ccccc1. The van der Waals surface area contributed by atoms with E-state index in [1.165, 1.54) is 19.2 Å². The summed E-state index contributed by atoms with van der Waals surface area (Å²) in [5.74, 6) is -0.254. The zero-order valence-corrected chi connectivity index (χ0v) is 16.2. The maximum Gasteiger partial charge on any atom is 0.417 e. The van der Waals surface area contributed by atoms with Gasteiger partial charge in [-0.05, 0) is 30.3 Å². The quantitative estimate of drug-likeness (QED) is 0.598. The van der Waals surface area contributed by atoms with Crippen LogP contribution in [0.3, 0.4) is 0 Å². The van der Waals surface area contributed by atoms with Crippen LogP contribution in [0.25, 0.3) is 0 Å². The Balaban J connectivity index is 2.17. The first kappa shape index (κ1) is 21.6. The van der Waals surface area contributed by atoms with Crippen LogP contribution in [0.1, 0.15) is 0 Å². The lowest BCUT2D eigenvalue weighted by Gasteiger charge is -2.12. The number of anilines is 1. The molecule has 10 nitrogen and oxygen atoms in total. The molecule has 0 radical (unpaired) electrons. The van der Waals surface area contributed by atoms with Gasteiger partial charge in [-0.15, -0.1) is 0 Å². The molecule has 2 N–H and O–H groups in total. The second-order valence-electron chi connectivity index (χ2n) is 5.26. The summed E-state index contributed by atoms with van der Waals surface area (Å²) < 4.78 is 68.3. The third-order valence-electron chi connectivity index (χ3n) is 3.30. The molecule has 2 aromatic rings. The van der Waals surface area contributed by atoms with Crippen LogP contribution < -0.4 is 14.8 Å². The molecule has 0 aliphatic carbocycles. The van der Waals surface area contributed by atoms with Crippen LogP contribution in [0.2, 0.25) is 0 Å². The molecule has 0 atom stereocenters. The highest BCUT2D eigenvalue weighted by Gasteiger charge is 2.19. The lowest BCUT2D eigenvalue weighted by atomic mass is 10.3. The number of benzene rings is 2. The molecular formula is C16H17NO9S2. The fourth-order valence-corrected chi connectivity index (χ4v) is 3.59. The zero-order valence-electron chi connectivity index (χ0n) is 14.6. The van der Waals surface area contributed by atoms with E-state index in [1.807, 2.05) is 0 Å². The molecule has 28 heavy (non-hydrogen) atoms. The summed E-state index contributed by atoms with van der Waals surface area (Å²) in [4.78, 5) is 11.8. The number of methoxy groups -OCH3 is 1. The van der Waals surface area contributed by atoms with Crippen LogP contribution in [-0.2, 0) is 24.4 Å². The van der Waals surface area contributed by atoms with Gasteiger partial charge >= 0.3 is 16.5 Å². The normalized spacial score (nSPS) is 11.6. The molecule has 0 saturated carbocycles. The average Bonchev–Trinajstić information content (AvgIpc) is 2.61. The molecule has 2 rings (SSSR count). The van der Waals surface area contributed by atoms with Gasteiger partial charge in [0.05, 0.1) is 30.1 Å². The number of para-hydroxylation sites is 1. The summed E-state index contributed by atoms with van der Waals surface area (Å²) in [7, 11) is -7.39. The molecule has 0 saturated heterocycles. The van der Waals surface area contributed by atoms with Crippen molar-refractivity contribution in [1.82, 2.24) is 0 Å². The Morgan fingerprint density at radius 1 is 1.07 bits per heavy atom. The molecule has 0 spiro atoms. The monoisotopic (exact) mass is 431 g/mol. The van der Waals surface area contributed by atoms with E-state index in [4.69, 9.17) is 14.0 Å². The smallest absolute Gasteiger partial charge is 0.417 e. The van der Waals surface area contributed by atoms with Gasteiger partial charge in [0.15, 0.2) is 9.84 Å². The largest absolute Gasteiger partial charge is 0.495 e. The van der Waals surface area contributed by atoms with Crippen molar-refractivity contribution in [3.63, 3.8) is 0 Å². The minimum absolute atomic E-state index is 0.0280. The van der Waals surface area contributed by atoms with E-state index < -0.39 is 38.7 Å². The van der Waals surface area contributed by atoms with Crippen molar-refractivity contribution in [2.45, 2.75) is 4.90 Å². The second kappa shape index (κ2) is 9.01. The Morgan fingerprint density at radius 2 is 1.75 bits per heavy atom. The van der Waals surface area contributed by atoms with Gasteiger partial charge < -0.3 is 9.47 Å². The lowest BCUT2D eigenvalue weighted by Crippen LogP contribution is -2.18. The number of hydrogen-bond donors (Lipinski definition) is 2. The summed E-state index contributed by atoms with van der Waals surface area (Å²) in [6, 6.07) is 11.9. The molecule has 0 aromatic heterocycles. The Hall–Kier alpha value is -2.67. The number of sulfone groups is 1. The van der Waals surface area contributed by atoms with E-state index >= 15 is 0 Å². The number of carbonyl (C=O) groups is 1. The van der Waals surface area contributed by atoms with Gasteiger partial charge in [-0.2, -0.15) is 8.42 Å². The Kier molecular flexibility index (Phi) is 6.96. The molecule has 0 aliphatic heterocycles. The molecule has 0 aliphatic rings. The number of rotatable bonds is 8. The van der Waals surface area contributed by atoms with Crippen molar-refractivity contribution in [2.75, 3.05) is 24.8 Å². The summed E-state index contributed by atoms with van der Waals surface area (Å²) >= 11 is 0. The zero-order chi connectivity index (χ0) is 20.8. The molecule has 152 valence electrons. The van der Waals surface area contributed by atoms with Crippen LogP contribution in [0, 0.1) is 0 Å². The third-order valence-corrected chi connectivity index (χ3v) is 5.45. The molecule has 0 bridgehead atoms. The van der Waals surface area contributed by atoms with Crippen molar-refractivity contribution in [2.24, 2.45) is 0 Å².